The molecule has 0 aliphatic rings. The summed E-state index contributed by atoms with van der Waals surface area (Å²) < 4.78 is 4.19. The third-order valence-electron chi connectivity index (χ3n) is 0.762. The highest BCUT2D eigenvalue weighted by Gasteiger charge is 1.94. The number of esters is 1. The minimum absolute atomic E-state index is 0.523. The lowest BCUT2D eigenvalue weighted by molar-refractivity contribution is -0.135. The maximum Gasteiger partial charge on any atom is 0.330 e. The number of aliphatic hydroxyl groups excluding tert-OH is 1. The van der Waals surface area contributed by atoms with E-state index in [4.69, 9.17) is 5.11 Å². The van der Waals surface area contributed by atoms with Crippen LogP contribution in [-0.4, -0.2) is 30.6 Å². The number of aliphatic hydroxyl groups is 1. The molecule has 0 heterocycles. The molecule has 0 unspecified atom stereocenters. The molecule has 0 fully saturated rings. The lowest BCUT2D eigenvalue weighted by atomic mass is 10.4. The van der Waals surface area contributed by atoms with Crippen LogP contribution in [0.5, 0.6) is 0 Å². The van der Waals surface area contributed by atoms with Crippen LogP contribution in [0.25, 0.3) is 0 Å². The van der Waals surface area contributed by atoms with Crippen molar-refractivity contribution in [3.8, 4) is 0 Å². The zero-order valence-electron chi connectivity index (χ0n) is 5.53. The molecule has 56 valence electrons. The van der Waals surface area contributed by atoms with Gasteiger partial charge in [0.05, 0.1) is 7.11 Å². The third kappa shape index (κ3) is 3.80. The second kappa shape index (κ2) is 4.69. The normalized spacial score (nSPS) is 9.80. The number of methoxy groups -OCH3 is 1. The summed E-state index contributed by atoms with van der Waals surface area (Å²) in [6.45, 7) is -0.590. The Hall–Kier alpha value is -1.16. The highest BCUT2D eigenvalue weighted by molar-refractivity contribution is 5.96. The van der Waals surface area contributed by atoms with Gasteiger partial charge in [-0.3, -0.25) is 4.79 Å². The van der Waals surface area contributed by atoms with E-state index in [1.54, 1.807) is 0 Å². The number of ketones is 1. The molecule has 0 rings (SSSR count). The average Bonchev–Trinajstić information content (AvgIpc) is 1.99. The van der Waals surface area contributed by atoms with Crippen molar-refractivity contribution in [1.82, 2.24) is 0 Å². The van der Waals surface area contributed by atoms with E-state index in [0.717, 1.165) is 12.2 Å². The van der Waals surface area contributed by atoms with Gasteiger partial charge in [0.2, 0.25) is 0 Å². The zero-order chi connectivity index (χ0) is 7.98. The summed E-state index contributed by atoms with van der Waals surface area (Å²) in [6.07, 6.45) is 1.92. The predicted octanol–water partition coefficient (Wildman–Crippen LogP) is -0.723. The highest BCUT2D eigenvalue weighted by Crippen LogP contribution is 1.78. The summed E-state index contributed by atoms with van der Waals surface area (Å²) in [4.78, 5) is 20.6. The topological polar surface area (TPSA) is 63.6 Å². The van der Waals surface area contributed by atoms with E-state index in [2.05, 4.69) is 4.74 Å². The number of hydrogen-bond donors (Lipinski definition) is 1. The number of carbonyl (C=O) groups is 2. The van der Waals surface area contributed by atoms with Crippen LogP contribution < -0.4 is 0 Å². The predicted molar refractivity (Wildman–Crippen MR) is 33.2 cm³/mol. The van der Waals surface area contributed by atoms with Crippen molar-refractivity contribution >= 4 is 11.8 Å². The van der Waals surface area contributed by atoms with Gasteiger partial charge >= 0.3 is 5.97 Å². The van der Waals surface area contributed by atoms with Gasteiger partial charge in [0.1, 0.15) is 6.61 Å². The van der Waals surface area contributed by atoms with Crippen LogP contribution in [0.3, 0.4) is 0 Å². The molecular weight excluding hydrogens is 136 g/mol. The largest absolute Gasteiger partial charge is 0.466 e. The smallest absolute Gasteiger partial charge is 0.330 e. The fraction of sp³-hybridized carbons (Fsp3) is 0.333. The van der Waals surface area contributed by atoms with Gasteiger partial charge in [-0.15, -0.1) is 0 Å². The van der Waals surface area contributed by atoms with Crippen LogP contribution in [0.2, 0.25) is 0 Å². The van der Waals surface area contributed by atoms with Crippen molar-refractivity contribution in [3.63, 3.8) is 0 Å². The quantitative estimate of drug-likeness (QED) is 0.419. The molecule has 0 bridgehead atoms. The average molecular weight is 144 g/mol. The Bertz CT molecular complexity index is 141. The maximum absolute atomic E-state index is 10.3. The third-order valence-corrected chi connectivity index (χ3v) is 0.762. The molecule has 1 N–H and O–H groups in total. The second-order valence-electron chi connectivity index (χ2n) is 1.48. The Morgan fingerprint density at radius 1 is 1.50 bits per heavy atom. The van der Waals surface area contributed by atoms with Gasteiger partial charge in [-0.1, -0.05) is 0 Å². The fourth-order valence-electron chi connectivity index (χ4n) is 0.282. The van der Waals surface area contributed by atoms with Crippen LogP contribution in [0, 0.1) is 0 Å². The van der Waals surface area contributed by atoms with Crippen molar-refractivity contribution < 1.29 is 19.4 Å². The number of ether oxygens (including phenoxy) is 1. The fourth-order valence-corrected chi connectivity index (χ4v) is 0.282. The minimum Gasteiger partial charge on any atom is -0.466 e. The molecular formula is C6H8O4. The summed E-state index contributed by atoms with van der Waals surface area (Å²) in [6, 6.07) is 0. The summed E-state index contributed by atoms with van der Waals surface area (Å²) in [5.74, 6) is -1.13. The Kier molecular flexibility index (Phi) is 4.15. The molecule has 0 radical (unpaired) electrons. The summed E-state index contributed by atoms with van der Waals surface area (Å²) >= 11 is 0. The van der Waals surface area contributed by atoms with E-state index in [0.29, 0.717) is 0 Å². The second-order valence-corrected chi connectivity index (χ2v) is 1.48. The molecule has 0 atom stereocenters. The van der Waals surface area contributed by atoms with Crippen LogP contribution in [0.15, 0.2) is 12.2 Å². The number of hydrogen-bond acceptors (Lipinski definition) is 4. The van der Waals surface area contributed by atoms with Gasteiger partial charge in [0.25, 0.3) is 0 Å². The monoisotopic (exact) mass is 144 g/mol. The van der Waals surface area contributed by atoms with Crippen LogP contribution in [0.4, 0.5) is 0 Å². The standard InChI is InChI=1S/C6H8O4/c1-10-6(9)3-2-5(8)4-7/h2-3,7H,4H2,1H3. The van der Waals surface area contributed by atoms with Gasteiger partial charge in [-0.05, 0) is 6.08 Å². The highest BCUT2D eigenvalue weighted by atomic mass is 16.5. The molecule has 0 saturated heterocycles. The molecule has 0 amide bonds. The summed E-state index contributed by atoms with van der Waals surface area (Å²) in [5.41, 5.74) is 0. The number of carbonyl (C=O) groups excluding carboxylic acids is 2. The van der Waals surface area contributed by atoms with Crippen LogP contribution in [0.1, 0.15) is 0 Å². The van der Waals surface area contributed by atoms with Crippen LogP contribution in [-0.2, 0) is 14.3 Å². The van der Waals surface area contributed by atoms with E-state index in [1.165, 1.54) is 7.11 Å². The van der Waals surface area contributed by atoms with Gasteiger partial charge in [-0.25, -0.2) is 4.79 Å². The summed E-state index contributed by atoms with van der Waals surface area (Å²) in [5, 5.41) is 8.17. The van der Waals surface area contributed by atoms with E-state index in [1.807, 2.05) is 0 Å². The van der Waals surface area contributed by atoms with Crippen LogP contribution >= 0.6 is 0 Å². The van der Waals surface area contributed by atoms with E-state index >= 15 is 0 Å². The molecule has 0 spiro atoms. The number of rotatable bonds is 3. The van der Waals surface area contributed by atoms with E-state index < -0.39 is 18.4 Å². The van der Waals surface area contributed by atoms with Gasteiger partial charge < -0.3 is 9.84 Å². The first-order chi connectivity index (χ1) is 4.70. The van der Waals surface area contributed by atoms with Crippen molar-refractivity contribution in [3.05, 3.63) is 12.2 Å². The molecule has 0 aromatic heterocycles. The lowest BCUT2D eigenvalue weighted by Crippen LogP contribution is -2.01. The zero-order valence-corrected chi connectivity index (χ0v) is 5.53. The Morgan fingerprint density at radius 2 is 2.10 bits per heavy atom. The van der Waals surface area contributed by atoms with Crippen molar-refractivity contribution in [2.45, 2.75) is 0 Å². The van der Waals surface area contributed by atoms with Gasteiger partial charge in [0.15, 0.2) is 5.78 Å². The first-order valence-electron chi connectivity index (χ1n) is 2.60. The SMILES string of the molecule is COC(=O)C=CC(=O)CO. The first-order valence-corrected chi connectivity index (χ1v) is 2.60. The molecule has 0 aliphatic heterocycles. The molecule has 0 saturated carbocycles. The maximum atomic E-state index is 10.3. The molecule has 0 aliphatic carbocycles. The molecule has 0 aromatic rings. The molecule has 0 aromatic carbocycles. The van der Waals surface area contributed by atoms with Gasteiger partial charge in [0, 0.05) is 6.08 Å². The molecule has 10 heavy (non-hydrogen) atoms. The minimum atomic E-state index is -0.609. The van der Waals surface area contributed by atoms with E-state index in [9.17, 15) is 9.59 Å². The first kappa shape index (κ1) is 8.84. The Labute approximate surface area is 58.1 Å². The Balaban J connectivity index is 3.75. The van der Waals surface area contributed by atoms with Crippen molar-refractivity contribution in [2.24, 2.45) is 0 Å². The molecule has 4 nitrogen and oxygen atoms in total. The van der Waals surface area contributed by atoms with Crippen molar-refractivity contribution in [2.75, 3.05) is 13.7 Å². The van der Waals surface area contributed by atoms with Gasteiger partial charge in [-0.2, -0.15) is 0 Å². The Morgan fingerprint density at radius 3 is 2.50 bits per heavy atom. The molecule has 4 heteroatoms. The lowest BCUT2D eigenvalue weighted by Gasteiger charge is -1.87. The summed E-state index contributed by atoms with van der Waals surface area (Å²) in [7, 11) is 1.20. The van der Waals surface area contributed by atoms with E-state index in [-0.39, 0.29) is 0 Å². The van der Waals surface area contributed by atoms with Crippen molar-refractivity contribution in [1.29, 1.82) is 0 Å².